The minimum atomic E-state index is 0.163. The molecule has 0 aromatic carbocycles. The van der Waals surface area contributed by atoms with Crippen LogP contribution in [0.5, 0.6) is 0 Å². The maximum Gasteiger partial charge on any atom is 0.233 e. The quantitative estimate of drug-likeness (QED) is 0.644. The van der Waals surface area contributed by atoms with Crippen LogP contribution in [0.25, 0.3) is 0 Å². The third-order valence-corrected chi connectivity index (χ3v) is 3.47. The normalized spacial score (nSPS) is 15.2. The Morgan fingerprint density at radius 3 is 2.82 bits per heavy atom. The summed E-state index contributed by atoms with van der Waals surface area (Å²) < 4.78 is 0. The number of carbonyl (C=O) groups is 1. The number of anilines is 1. The minimum absolute atomic E-state index is 0.163. The van der Waals surface area contributed by atoms with Gasteiger partial charge in [-0.15, -0.1) is 0 Å². The second-order valence-corrected chi connectivity index (χ2v) is 5.04. The lowest BCUT2D eigenvalue weighted by Gasteiger charge is -2.14. The summed E-state index contributed by atoms with van der Waals surface area (Å²) in [5.74, 6) is 1.01. The molecule has 1 aromatic heterocycles. The van der Waals surface area contributed by atoms with Crippen molar-refractivity contribution in [2.75, 3.05) is 24.6 Å². The van der Waals surface area contributed by atoms with Crippen LogP contribution in [0.4, 0.5) is 5.82 Å². The van der Waals surface area contributed by atoms with Crippen LogP contribution in [0.3, 0.4) is 0 Å². The van der Waals surface area contributed by atoms with Crippen LogP contribution in [0.15, 0.2) is 11.2 Å². The van der Waals surface area contributed by atoms with E-state index in [1.165, 1.54) is 11.8 Å². The molecule has 92 valence electrons. The summed E-state index contributed by atoms with van der Waals surface area (Å²) in [5, 5.41) is 0.579. The Kier molecular flexibility index (Phi) is 3.83. The Bertz CT molecular complexity index is 398. The topological polar surface area (TPSA) is 72.1 Å². The molecular formula is C11H16N4OS. The Labute approximate surface area is 105 Å². The van der Waals surface area contributed by atoms with Gasteiger partial charge in [0, 0.05) is 24.8 Å². The van der Waals surface area contributed by atoms with E-state index in [1.54, 1.807) is 6.07 Å². The zero-order valence-corrected chi connectivity index (χ0v) is 10.7. The van der Waals surface area contributed by atoms with E-state index in [4.69, 9.17) is 5.73 Å². The van der Waals surface area contributed by atoms with Gasteiger partial charge < -0.3 is 10.6 Å². The average Bonchev–Trinajstić information content (AvgIpc) is 2.78. The van der Waals surface area contributed by atoms with Gasteiger partial charge in [-0.05, 0) is 19.8 Å². The van der Waals surface area contributed by atoms with Gasteiger partial charge in [-0.3, -0.25) is 4.79 Å². The summed E-state index contributed by atoms with van der Waals surface area (Å²) in [5.41, 5.74) is 6.46. The van der Waals surface area contributed by atoms with E-state index in [9.17, 15) is 4.79 Å². The van der Waals surface area contributed by atoms with E-state index in [2.05, 4.69) is 9.97 Å². The molecule has 0 saturated carbocycles. The van der Waals surface area contributed by atoms with E-state index >= 15 is 0 Å². The Balaban J connectivity index is 1.90. The Hall–Kier alpha value is -1.30. The summed E-state index contributed by atoms with van der Waals surface area (Å²) in [7, 11) is 0. The fraction of sp³-hybridized carbons (Fsp3) is 0.545. The molecule has 0 spiro atoms. The lowest BCUT2D eigenvalue weighted by molar-refractivity contribution is -0.127. The van der Waals surface area contributed by atoms with Gasteiger partial charge in [0.1, 0.15) is 5.82 Å². The SMILES string of the molecule is Cc1cc(N)nc(SCC(=O)N2CCCC2)n1. The van der Waals surface area contributed by atoms with Crippen LogP contribution in [0.1, 0.15) is 18.5 Å². The van der Waals surface area contributed by atoms with Crippen molar-refractivity contribution in [3.63, 3.8) is 0 Å². The fourth-order valence-electron chi connectivity index (χ4n) is 1.81. The van der Waals surface area contributed by atoms with Gasteiger partial charge in [0.15, 0.2) is 5.16 Å². The van der Waals surface area contributed by atoms with Crippen molar-refractivity contribution in [2.45, 2.75) is 24.9 Å². The summed E-state index contributed by atoms with van der Waals surface area (Å²) in [4.78, 5) is 22.0. The van der Waals surface area contributed by atoms with E-state index in [0.717, 1.165) is 31.6 Å². The van der Waals surface area contributed by atoms with Crippen molar-refractivity contribution >= 4 is 23.5 Å². The lowest BCUT2D eigenvalue weighted by atomic mass is 10.4. The van der Waals surface area contributed by atoms with Gasteiger partial charge in [0.25, 0.3) is 0 Å². The smallest absolute Gasteiger partial charge is 0.233 e. The van der Waals surface area contributed by atoms with Gasteiger partial charge in [0.05, 0.1) is 5.75 Å². The highest BCUT2D eigenvalue weighted by molar-refractivity contribution is 7.99. The Morgan fingerprint density at radius 2 is 2.18 bits per heavy atom. The van der Waals surface area contributed by atoms with Crippen LogP contribution in [0, 0.1) is 6.92 Å². The van der Waals surface area contributed by atoms with Crippen LogP contribution >= 0.6 is 11.8 Å². The van der Waals surface area contributed by atoms with Crippen molar-refractivity contribution in [3.8, 4) is 0 Å². The molecule has 17 heavy (non-hydrogen) atoms. The minimum Gasteiger partial charge on any atom is -0.384 e. The second-order valence-electron chi connectivity index (χ2n) is 4.09. The third kappa shape index (κ3) is 3.33. The van der Waals surface area contributed by atoms with E-state index < -0.39 is 0 Å². The first-order chi connectivity index (χ1) is 8.15. The highest BCUT2D eigenvalue weighted by Crippen LogP contribution is 2.17. The van der Waals surface area contributed by atoms with Gasteiger partial charge >= 0.3 is 0 Å². The number of nitrogens with two attached hydrogens (primary N) is 1. The number of nitrogens with zero attached hydrogens (tertiary/aromatic N) is 3. The predicted octanol–water partition coefficient (Wildman–Crippen LogP) is 1.08. The molecule has 1 saturated heterocycles. The number of thioether (sulfide) groups is 1. The number of carbonyl (C=O) groups excluding carboxylic acids is 1. The first-order valence-electron chi connectivity index (χ1n) is 5.67. The van der Waals surface area contributed by atoms with Crippen molar-refractivity contribution in [1.29, 1.82) is 0 Å². The standard InChI is InChI=1S/C11H16N4OS/c1-8-6-9(12)14-11(13-8)17-7-10(16)15-4-2-3-5-15/h6H,2-5,7H2,1H3,(H2,12,13,14). The zero-order valence-electron chi connectivity index (χ0n) is 9.85. The number of hydrogen-bond donors (Lipinski definition) is 1. The van der Waals surface area contributed by atoms with Crippen molar-refractivity contribution in [2.24, 2.45) is 0 Å². The van der Waals surface area contributed by atoms with Gasteiger partial charge in [-0.2, -0.15) is 0 Å². The molecule has 0 aliphatic carbocycles. The molecule has 5 nitrogen and oxygen atoms in total. The summed E-state index contributed by atoms with van der Waals surface area (Å²) in [6, 6.07) is 1.71. The van der Waals surface area contributed by atoms with Gasteiger partial charge in [-0.1, -0.05) is 11.8 Å². The summed E-state index contributed by atoms with van der Waals surface area (Å²) in [6.45, 7) is 3.64. The summed E-state index contributed by atoms with van der Waals surface area (Å²) in [6.07, 6.45) is 2.23. The van der Waals surface area contributed by atoms with Crippen LogP contribution in [-0.4, -0.2) is 39.6 Å². The number of aromatic nitrogens is 2. The van der Waals surface area contributed by atoms with E-state index in [0.29, 0.717) is 16.7 Å². The first kappa shape index (κ1) is 12.2. The van der Waals surface area contributed by atoms with Crippen molar-refractivity contribution in [3.05, 3.63) is 11.8 Å². The average molecular weight is 252 g/mol. The van der Waals surface area contributed by atoms with E-state index in [-0.39, 0.29) is 5.91 Å². The predicted molar refractivity (Wildman–Crippen MR) is 67.7 cm³/mol. The first-order valence-corrected chi connectivity index (χ1v) is 6.65. The Morgan fingerprint density at radius 1 is 1.47 bits per heavy atom. The molecule has 2 N–H and O–H groups in total. The molecule has 0 atom stereocenters. The highest BCUT2D eigenvalue weighted by Gasteiger charge is 2.18. The molecule has 2 rings (SSSR count). The second kappa shape index (κ2) is 5.35. The maximum absolute atomic E-state index is 11.8. The molecule has 1 aliphatic heterocycles. The monoisotopic (exact) mass is 252 g/mol. The molecule has 1 aliphatic rings. The third-order valence-electron chi connectivity index (χ3n) is 2.64. The molecule has 1 aromatic rings. The largest absolute Gasteiger partial charge is 0.384 e. The number of likely N-dealkylation sites (tertiary alicyclic amines) is 1. The van der Waals surface area contributed by atoms with Crippen LogP contribution < -0.4 is 5.73 Å². The number of nitrogen functional groups attached to an aromatic ring is 1. The number of hydrogen-bond acceptors (Lipinski definition) is 5. The molecule has 6 heteroatoms. The van der Waals surface area contributed by atoms with Crippen molar-refractivity contribution < 1.29 is 4.79 Å². The molecule has 0 unspecified atom stereocenters. The number of rotatable bonds is 3. The number of amides is 1. The molecular weight excluding hydrogens is 236 g/mol. The molecule has 2 heterocycles. The van der Waals surface area contributed by atoms with E-state index in [1.807, 2.05) is 11.8 Å². The lowest BCUT2D eigenvalue weighted by Crippen LogP contribution is -2.29. The molecule has 1 fully saturated rings. The number of aryl methyl sites for hydroxylation is 1. The molecule has 0 radical (unpaired) electrons. The summed E-state index contributed by atoms with van der Waals surface area (Å²) >= 11 is 1.35. The van der Waals surface area contributed by atoms with Gasteiger partial charge in [-0.25, -0.2) is 9.97 Å². The molecule has 0 bridgehead atoms. The zero-order chi connectivity index (χ0) is 12.3. The van der Waals surface area contributed by atoms with Gasteiger partial charge in [0.2, 0.25) is 5.91 Å². The van der Waals surface area contributed by atoms with Crippen LogP contribution in [0.2, 0.25) is 0 Å². The van der Waals surface area contributed by atoms with Crippen LogP contribution in [-0.2, 0) is 4.79 Å². The molecule has 1 amide bonds. The maximum atomic E-state index is 11.8. The van der Waals surface area contributed by atoms with Crippen molar-refractivity contribution in [1.82, 2.24) is 14.9 Å². The highest BCUT2D eigenvalue weighted by atomic mass is 32.2. The fourth-order valence-corrected chi connectivity index (χ4v) is 2.63.